The first kappa shape index (κ1) is 21.2. The van der Waals surface area contributed by atoms with Gasteiger partial charge in [0.1, 0.15) is 5.82 Å². The monoisotopic (exact) mass is 473 g/mol. The standard InChI is InChI=1S/C24H21ClFNO4S/c25-19-6-4-5-18(15-19)24(17-7-9-20(26)10-8-17)30-22-12-11-21(16-23(22)31-24)32(28,29)27-13-2-1-3-14-27/h4-12,15-16H,1-3,13-14H2. The zero-order valence-electron chi connectivity index (χ0n) is 17.1. The van der Waals surface area contributed by atoms with Crippen LogP contribution in [0.4, 0.5) is 4.39 Å². The fraction of sp³-hybridized carbons (Fsp3) is 0.250. The molecule has 5 nitrogen and oxygen atoms in total. The van der Waals surface area contributed by atoms with Crippen LogP contribution in [0.25, 0.3) is 0 Å². The number of halogens is 2. The SMILES string of the molecule is O=S(=O)(c1ccc2c(c1)OC(c1ccc(F)cc1)(c1cccc(Cl)c1)O2)N1CCCCC1. The van der Waals surface area contributed by atoms with E-state index in [4.69, 9.17) is 21.1 Å². The van der Waals surface area contributed by atoms with E-state index >= 15 is 0 Å². The van der Waals surface area contributed by atoms with Gasteiger partial charge in [0.2, 0.25) is 10.0 Å². The third-order valence-electron chi connectivity index (χ3n) is 5.80. The summed E-state index contributed by atoms with van der Waals surface area (Å²) in [7, 11) is -3.64. The van der Waals surface area contributed by atoms with E-state index in [1.807, 2.05) is 0 Å². The van der Waals surface area contributed by atoms with E-state index in [-0.39, 0.29) is 10.7 Å². The van der Waals surface area contributed by atoms with Gasteiger partial charge in [0.15, 0.2) is 11.5 Å². The van der Waals surface area contributed by atoms with E-state index in [0.717, 1.165) is 19.3 Å². The molecule has 1 atom stereocenters. The van der Waals surface area contributed by atoms with Crippen molar-refractivity contribution in [1.82, 2.24) is 4.31 Å². The van der Waals surface area contributed by atoms with Gasteiger partial charge in [-0.1, -0.05) is 30.2 Å². The highest BCUT2D eigenvalue weighted by Crippen LogP contribution is 2.48. The van der Waals surface area contributed by atoms with Gasteiger partial charge in [-0.2, -0.15) is 4.31 Å². The lowest BCUT2D eigenvalue weighted by Gasteiger charge is -2.28. The molecule has 1 fully saturated rings. The average molecular weight is 474 g/mol. The Morgan fingerprint density at radius 2 is 1.56 bits per heavy atom. The minimum absolute atomic E-state index is 0.155. The summed E-state index contributed by atoms with van der Waals surface area (Å²) >= 11 is 6.22. The van der Waals surface area contributed by atoms with Gasteiger partial charge < -0.3 is 9.47 Å². The van der Waals surface area contributed by atoms with Crippen LogP contribution in [0.5, 0.6) is 11.5 Å². The van der Waals surface area contributed by atoms with Crippen molar-refractivity contribution >= 4 is 21.6 Å². The Morgan fingerprint density at radius 3 is 2.28 bits per heavy atom. The predicted molar refractivity (Wildman–Crippen MR) is 119 cm³/mol. The van der Waals surface area contributed by atoms with Crippen LogP contribution in [0.1, 0.15) is 30.4 Å². The number of hydrogen-bond acceptors (Lipinski definition) is 4. The highest BCUT2D eigenvalue weighted by atomic mass is 35.5. The lowest BCUT2D eigenvalue weighted by Crippen LogP contribution is -2.37. The first-order valence-corrected chi connectivity index (χ1v) is 12.2. The Kier molecular flexibility index (Phi) is 5.35. The Balaban J connectivity index is 1.57. The second kappa shape index (κ2) is 8.06. The van der Waals surface area contributed by atoms with E-state index in [0.29, 0.717) is 40.7 Å². The average Bonchev–Trinajstić information content (AvgIpc) is 3.20. The Morgan fingerprint density at radius 1 is 0.844 bits per heavy atom. The maximum atomic E-state index is 13.6. The molecule has 8 heteroatoms. The van der Waals surface area contributed by atoms with Crippen molar-refractivity contribution < 1.29 is 22.3 Å². The van der Waals surface area contributed by atoms with Crippen molar-refractivity contribution in [1.29, 1.82) is 0 Å². The molecule has 0 N–H and O–H groups in total. The third-order valence-corrected chi connectivity index (χ3v) is 7.93. The normalized spacial score (nSPS) is 20.9. The van der Waals surface area contributed by atoms with Gasteiger partial charge in [-0.25, -0.2) is 12.8 Å². The molecule has 0 amide bonds. The Hall–Kier alpha value is -2.61. The number of piperidine rings is 1. The molecule has 1 unspecified atom stereocenters. The third kappa shape index (κ3) is 3.64. The molecule has 1 saturated heterocycles. The van der Waals surface area contributed by atoms with Crippen molar-refractivity contribution in [3.8, 4) is 11.5 Å². The number of ether oxygens (including phenoxy) is 2. The molecule has 32 heavy (non-hydrogen) atoms. The van der Waals surface area contributed by atoms with Crippen LogP contribution >= 0.6 is 11.6 Å². The number of sulfonamides is 1. The molecule has 0 bridgehead atoms. The summed E-state index contributed by atoms with van der Waals surface area (Å²) in [6.07, 6.45) is 2.74. The largest absolute Gasteiger partial charge is 0.440 e. The lowest BCUT2D eigenvalue weighted by atomic mass is 9.97. The summed E-state index contributed by atoms with van der Waals surface area (Å²) in [5, 5.41) is 0.487. The molecule has 0 spiro atoms. The first-order valence-electron chi connectivity index (χ1n) is 10.4. The van der Waals surface area contributed by atoms with Crippen LogP contribution in [-0.4, -0.2) is 25.8 Å². The molecule has 166 valence electrons. The Labute approximate surface area is 191 Å². The summed E-state index contributed by atoms with van der Waals surface area (Å²) in [5.41, 5.74) is 1.16. The van der Waals surface area contributed by atoms with Crippen molar-refractivity contribution in [3.05, 3.63) is 88.7 Å². The van der Waals surface area contributed by atoms with Crippen LogP contribution in [-0.2, 0) is 15.8 Å². The van der Waals surface area contributed by atoms with Crippen LogP contribution in [0.3, 0.4) is 0 Å². The fourth-order valence-corrected chi connectivity index (χ4v) is 5.89. The van der Waals surface area contributed by atoms with E-state index in [1.54, 1.807) is 42.5 Å². The minimum atomic E-state index is -3.64. The van der Waals surface area contributed by atoms with E-state index in [9.17, 15) is 12.8 Å². The predicted octanol–water partition coefficient (Wildman–Crippen LogP) is 5.33. The second-order valence-electron chi connectivity index (χ2n) is 7.91. The van der Waals surface area contributed by atoms with E-state index < -0.39 is 15.8 Å². The van der Waals surface area contributed by atoms with Gasteiger partial charge in [0.25, 0.3) is 0 Å². The zero-order valence-corrected chi connectivity index (χ0v) is 18.7. The molecule has 2 aliphatic heterocycles. The molecule has 0 saturated carbocycles. The van der Waals surface area contributed by atoms with Gasteiger partial charge in [0.05, 0.1) is 4.90 Å². The quantitative estimate of drug-likeness (QED) is 0.514. The summed E-state index contributed by atoms with van der Waals surface area (Å²) in [6.45, 7) is 1.03. The molecule has 0 aromatic heterocycles. The minimum Gasteiger partial charge on any atom is -0.440 e. The lowest BCUT2D eigenvalue weighted by molar-refractivity contribution is -0.0459. The molecule has 2 aliphatic rings. The summed E-state index contributed by atoms with van der Waals surface area (Å²) < 4.78 is 54.0. The second-order valence-corrected chi connectivity index (χ2v) is 10.3. The Bertz CT molecular complexity index is 1260. The van der Waals surface area contributed by atoms with Crippen molar-refractivity contribution in [2.24, 2.45) is 0 Å². The fourth-order valence-electron chi connectivity index (χ4n) is 4.16. The summed E-state index contributed by atoms with van der Waals surface area (Å²) in [6, 6.07) is 17.4. The van der Waals surface area contributed by atoms with Gasteiger partial charge in [-0.15, -0.1) is 0 Å². The maximum absolute atomic E-state index is 13.6. The molecular formula is C24H21ClFNO4S. The summed E-state index contributed by atoms with van der Waals surface area (Å²) in [5.74, 6) is -1.12. The molecule has 2 heterocycles. The zero-order chi connectivity index (χ0) is 22.3. The van der Waals surface area contributed by atoms with Crippen LogP contribution in [0.2, 0.25) is 5.02 Å². The van der Waals surface area contributed by atoms with Crippen molar-refractivity contribution in [2.45, 2.75) is 29.9 Å². The number of fused-ring (bicyclic) bond motifs is 1. The van der Waals surface area contributed by atoms with Crippen LogP contribution in [0.15, 0.2) is 71.6 Å². The number of rotatable bonds is 4. The summed E-state index contributed by atoms with van der Waals surface area (Å²) in [4.78, 5) is 0.155. The van der Waals surface area contributed by atoms with Crippen molar-refractivity contribution in [3.63, 3.8) is 0 Å². The molecule has 5 rings (SSSR count). The van der Waals surface area contributed by atoms with Crippen molar-refractivity contribution in [2.75, 3.05) is 13.1 Å². The number of benzene rings is 3. The molecule has 0 radical (unpaired) electrons. The topological polar surface area (TPSA) is 55.8 Å². The smallest absolute Gasteiger partial charge is 0.305 e. The van der Waals surface area contributed by atoms with Crippen LogP contribution in [0, 0.1) is 5.82 Å². The maximum Gasteiger partial charge on any atom is 0.305 e. The van der Waals surface area contributed by atoms with Crippen LogP contribution < -0.4 is 9.47 Å². The van der Waals surface area contributed by atoms with Gasteiger partial charge in [0, 0.05) is 35.3 Å². The highest BCUT2D eigenvalue weighted by Gasteiger charge is 2.46. The molecule has 3 aromatic rings. The van der Waals surface area contributed by atoms with E-state index in [2.05, 4.69) is 0 Å². The van der Waals surface area contributed by atoms with Gasteiger partial charge in [-0.05, 0) is 61.4 Å². The molecule has 0 aliphatic carbocycles. The first-order chi connectivity index (χ1) is 15.4. The van der Waals surface area contributed by atoms with Gasteiger partial charge >= 0.3 is 5.79 Å². The molecule has 3 aromatic carbocycles. The number of hydrogen-bond donors (Lipinski definition) is 0. The highest BCUT2D eigenvalue weighted by molar-refractivity contribution is 7.89. The molecular weight excluding hydrogens is 453 g/mol. The van der Waals surface area contributed by atoms with Gasteiger partial charge in [-0.3, -0.25) is 0 Å². The number of nitrogens with zero attached hydrogens (tertiary/aromatic N) is 1. The van der Waals surface area contributed by atoms with E-state index in [1.165, 1.54) is 28.6 Å².